The first-order valence-corrected chi connectivity index (χ1v) is 9.53. The van der Waals surface area contributed by atoms with Gasteiger partial charge in [-0.1, -0.05) is 48.5 Å². The lowest BCUT2D eigenvalue weighted by atomic mass is 10.1. The fraction of sp³-hybridized carbons (Fsp3) is 0.273. The van der Waals surface area contributed by atoms with E-state index >= 15 is 0 Å². The van der Waals surface area contributed by atoms with Crippen molar-refractivity contribution in [3.8, 4) is 17.0 Å². The number of benzene rings is 2. The third-order valence-electron chi connectivity index (χ3n) is 5.05. The summed E-state index contributed by atoms with van der Waals surface area (Å²) in [7, 11) is 0. The van der Waals surface area contributed by atoms with Crippen LogP contribution >= 0.6 is 0 Å². The molecule has 0 bridgehead atoms. The Kier molecular flexibility index (Phi) is 5.28. The van der Waals surface area contributed by atoms with Crippen LogP contribution in [-0.4, -0.2) is 53.8 Å². The van der Waals surface area contributed by atoms with Gasteiger partial charge in [0, 0.05) is 32.2 Å². The van der Waals surface area contributed by atoms with Crippen LogP contribution in [0.3, 0.4) is 0 Å². The molecule has 1 aliphatic rings. The van der Waals surface area contributed by atoms with Crippen LogP contribution in [0.2, 0.25) is 0 Å². The van der Waals surface area contributed by atoms with Gasteiger partial charge in [0.2, 0.25) is 0 Å². The molecule has 1 amide bonds. The van der Waals surface area contributed by atoms with Crippen LogP contribution < -0.4 is 9.64 Å². The first-order chi connectivity index (χ1) is 13.7. The Morgan fingerprint density at radius 2 is 1.75 bits per heavy atom. The quantitative estimate of drug-likeness (QED) is 0.743. The highest BCUT2D eigenvalue weighted by atomic mass is 16.5. The van der Waals surface area contributed by atoms with E-state index in [0.29, 0.717) is 13.1 Å². The fourth-order valence-corrected chi connectivity index (χ4v) is 3.37. The molecule has 0 spiro atoms. The minimum atomic E-state index is 0.0231. The molecule has 0 aliphatic carbocycles. The molecular formula is C22H24N4O2. The molecule has 1 aliphatic heterocycles. The number of aromatic amines is 1. The second kappa shape index (κ2) is 8.17. The topological polar surface area (TPSA) is 61.5 Å². The Morgan fingerprint density at radius 3 is 2.50 bits per heavy atom. The molecule has 1 fully saturated rings. The van der Waals surface area contributed by atoms with Crippen molar-refractivity contribution in [1.82, 2.24) is 15.1 Å². The number of aromatic nitrogens is 2. The van der Waals surface area contributed by atoms with Gasteiger partial charge >= 0.3 is 0 Å². The molecule has 1 saturated heterocycles. The number of piperazine rings is 1. The van der Waals surface area contributed by atoms with E-state index in [1.54, 1.807) is 0 Å². The normalized spacial score (nSPS) is 14.2. The lowest BCUT2D eigenvalue weighted by Crippen LogP contribution is -2.50. The maximum atomic E-state index is 12.5. The minimum absolute atomic E-state index is 0.0231. The number of aryl methyl sites for hydroxylation is 1. The second-order valence-corrected chi connectivity index (χ2v) is 6.93. The predicted octanol–water partition coefficient (Wildman–Crippen LogP) is 3.11. The predicted molar refractivity (Wildman–Crippen MR) is 109 cm³/mol. The summed E-state index contributed by atoms with van der Waals surface area (Å²) in [5, 5.41) is 7.55. The lowest BCUT2D eigenvalue weighted by molar-refractivity contribution is -0.133. The lowest BCUT2D eigenvalue weighted by Gasteiger charge is -2.34. The molecular weight excluding hydrogens is 352 g/mol. The molecule has 1 aromatic heterocycles. The van der Waals surface area contributed by atoms with Crippen molar-refractivity contribution in [1.29, 1.82) is 0 Å². The molecule has 0 atom stereocenters. The molecule has 6 heteroatoms. The van der Waals surface area contributed by atoms with E-state index in [0.717, 1.165) is 41.5 Å². The molecule has 2 aromatic carbocycles. The highest BCUT2D eigenvalue weighted by Gasteiger charge is 2.23. The van der Waals surface area contributed by atoms with E-state index < -0.39 is 0 Å². The number of para-hydroxylation sites is 1. The van der Waals surface area contributed by atoms with E-state index in [-0.39, 0.29) is 12.5 Å². The van der Waals surface area contributed by atoms with E-state index in [2.05, 4.69) is 33.3 Å². The van der Waals surface area contributed by atoms with Gasteiger partial charge in [-0.2, -0.15) is 5.10 Å². The molecule has 6 nitrogen and oxygen atoms in total. The van der Waals surface area contributed by atoms with Crippen LogP contribution in [-0.2, 0) is 4.79 Å². The molecule has 2 heterocycles. The summed E-state index contributed by atoms with van der Waals surface area (Å²) in [6.45, 7) is 4.91. The number of H-pyrrole nitrogens is 1. The number of hydrogen-bond acceptors (Lipinski definition) is 4. The molecule has 0 saturated carbocycles. The zero-order valence-corrected chi connectivity index (χ0v) is 16.0. The van der Waals surface area contributed by atoms with Gasteiger partial charge in [-0.05, 0) is 24.1 Å². The monoisotopic (exact) mass is 376 g/mol. The van der Waals surface area contributed by atoms with Crippen molar-refractivity contribution in [2.45, 2.75) is 6.92 Å². The highest BCUT2D eigenvalue weighted by Crippen LogP contribution is 2.22. The van der Waals surface area contributed by atoms with Gasteiger partial charge in [-0.3, -0.25) is 9.89 Å². The first-order valence-electron chi connectivity index (χ1n) is 9.53. The number of amides is 1. The van der Waals surface area contributed by atoms with Gasteiger partial charge < -0.3 is 14.5 Å². The van der Waals surface area contributed by atoms with Gasteiger partial charge in [-0.25, -0.2) is 0 Å². The largest absolute Gasteiger partial charge is 0.484 e. The van der Waals surface area contributed by atoms with Crippen LogP contribution in [0.15, 0.2) is 60.7 Å². The standard InChI is InChI=1S/C22H24N4O2/c1-17-7-5-6-10-20(17)28-16-22(27)26-13-11-25(12-14-26)21-15-19(23-24-21)18-8-3-2-4-9-18/h2-10,15H,11-14,16H2,1H3,(H,23,24). The third kappa shape index (κ3) is 4.01. The number of nitrogens with zero attached hydrogens (tertiary/aromatic N) is 3. The number of ether oxygens (including phenoxy) is 1. The van der Waals surface area contributed by atoms with Crippen LogP contribution in [0.5, 0.6) is 5.75 Å². The Balaban J connectivity index is 1.30. The fourth-order valence-electron chi connectivity index (χ4n) is 3.37. The number of carbonyl (C=O) groups is 1. The van der Waals surface area contributed by atoms with E-state index in [4.69, 9.17) is 4.74 Å². The van der Waals surface area contributed by atoms with Gasteiger partial charge in [0.1, 0.15) is 5.75 Å². The SMILES string of the molecule is Cc1ccccc1OCC(=O)N1CCN(c2cc(-c3ccccc3)[nH]n2)CC1. The maximum absolute atomic E-state index is 12.5. The summed E-state index contributed by atoms with van der Waals surface area (Å²) in [5.74, 6) is 1.71. The molecule has 1 N–H and O–H groups in total. The number of hydrogen-bond donors (Lipinski definition) is 1. The highest BCUT2D eigenvalue weighted by molar-refractivity contribution is 5.78. The summed E-state index contributed by atoms with van der Waals surface area (Å²) in [4.78, 5) is 16.5. The number of rotatable bonds is 5. The molecule has 28 heavy (non-hydrogen) atoms. The Hall–Kier alpha value is -3.28. The van der Waals surface area contributed by atoms with Crippen LogP contribution in [0.4, 0.5) is 5.82 Å². The van der Waals surface area contributed by atoms with Gasteiger partial charge in [0.25, 0.3) is 5.91 Å². The van der Waals surface area contributed by atoms with Crippen molar-refractivity contribution >= 4 is 11.7 Å². The van der Waals surface area contributed by atoms with Crippen molar-refractivity contribution in [2.75, 3.05) is 37.7 Å². The summed E-state index contributed by atoms with van der Waals surface area (Å²) in [6.07, 6.45) is 0. The van der Waals surface area contributed by atoms with E-state index in [9.17, 15) is 4.79 Å². The Bertz CT molecular complexity index is 930. The summed E-state index contributed by atoms with van der Waals surface area (Å²) < 4.78 is 5.69. The van der Waals surface area contributed by atoms with Gasteiger partial charge in [0.05, 0.1) is 5.69 Å². The van der Waals surface area contributed by atoms with Crippen molar-refractivity contribution < 1.29 is 9.53 Å². The molecule has 144 valence electrons. The summed E-state index contributed by atoms with van der Waals surface area (Å²) in [5.41, 5.74) is 3.15. The molecule has 3 aromatic rings. The minimum Gasteiger partial charge on any atom is -0.484 e. The number of nitrogens with one attached hydrogen (secondary N) is 1. The van der Waals surface area contributed by atoms with Gasteiger partial charge in [0.15, 0.2) is 12.4 Å². The zero-order valence-electron chi connectivity index (χ0n) is 16.0. The average Bonchev–Trinajstić information content (AvgIpc) is 3.24. The summed E-state index contributed by atoms with van der Waals surface area (Å²) >= 11 is 0. The van der Waals surface area contributed by atoms with E-state index in [1.165, 1.54) is 0 Å². The first kappa shape index (κ1) is 18.1. The smallest absolute Gasteiger partial charge is 0.260 e. The van der Waals surface area contributed by atoms with Crippen LogP contribution in [0.25, 0.3) is 11.3 Å². The zero-order chi connectivity index (χ0) is 19.3. The molecule has 0 unspecified atom stereocenters. The van der Waals surface area contributed by atoms with Crippen LogP contribution in [0, 0.1) is 6.92 Å². The third-order valence-corrected chi connectivity index (χ3v) is 5.05. The Labute approximate surface area is 164 Å². The van der Waals surface area contributed by atoms with Crippen molar-refractivity contribution in [2.24, 2.45) is 0 Å². The number of carbonyl (C=O) groups excluding carboxylic acids is 1. The van der Waals surface area contributed by atoms with Gasteiger partial charge in [-0.15, -0.1) is 0 Å². The van der Waals surface area contributed by atoms with Crippen molar-refractivity contribution in [3.63, 3.8) is 0 Å². The second-order valence-electron chi connectivity index (χ2n) is 6.93. The summed E-state index contributed by atoms with van der Waals surface area (Å²) in [6, 6.07) is 20.0. The van der Waals surface area contributed by atoms with Crippen LogP contribution in [0.1, 0.15) is 5.56 Å². The Morgan fingerprint density at radius 1 is 1.04 bits per heavy atom. The molecule has 0 radical (unpaired) electrons. The maximum Gasteiger partial charge on any atom is 0.260 e. The number of anilines is 1. The molecule has 4 rings (SSSR count). The van der Waals surface area contributed by atoms with Crippen molar-refractivity contribution in [3.05, 3.63) is 66.2 Å². The average molecular weight is 376 g/mol. The van der Waals surface area contributed by atoms with E-state index in [1.807, 2.05) is 54.3 Å².